The van der Waals surface area contributed by atoms with E-state index in [1.165, 1.54) is 0 Å². The Morgan fingerprint density at radius 2 is 1.91 bits per heavy atom. The van der Waals surface area contributed by atoms with Crippen LogP contribution in [0.1, 0.15) is 11.7 Å². The molecule has 2 aromatic heterocycles. The summed E-state index contributed by atoms with van der Waals surface area (Å²) < 4.78 is 17.3. The predicted molar refractivity (Wildman–Crippen MR) is 116 cm³/mol. The number of hydrogen-bond acceptors (Lipinski definition) is 8. The lowest BCUT2D eigenvalue weighted by atomic mass is 10.1. The Hall–Kier alpha value is -4.14. The van der Waals surface area contributed by atoms with Crippen LogP contribution < -0.4 is 15.0 Å². The molecule has 0 bridgehead atoms. The van der Waals surface area contributed by atoms with Gasteiger partial charge >= 0.3 is 0 Å². The van der Waals surface area contributed by atoms with Gasteiger partial charge in [-0.1, -0.05) is 47.6 Å². The first-order valence-electron chi connectivity index (χ1n) is 10.2. The molecular weight excluding hydrogens is 410 g/mol. The molecule has 0 spiro atoms. The summed E-state index contributed by atoms with van der Waals surface area (Å²) in [4.78, 5) is 14.2. The van der Waals surface area contributed by atoms with Gasteiger partial charge < -0.3 is 23.9 Å². The van der Waals surface area contributed by atoms with E-state index in [2.05, 4.69) is 20.7 Å². The zero-order valence-corrected chi connectivity index (χ0v) is 17.6. The minimum absolute atomic E-state index is 0.191. The van der Waals surface area contributed by atoms with Crippen molar-refractivity contribution in [1.82, 2.24) is 20.7 Å². The van der Waals surface area contributed by atoms with E-state index < -0.39 is 6.10 Å². The second-order valence-electron chi connectivity index (χ2n) is 7.40. The number of nitrogens with one attached hydrogen (secondary N) is 1. The number of carbonyl (C=O) groups is 1. The maximum absolute atomic E-state index is 12.2. The van der Waals surface area contributed by atoms with Crippen LogP contribution in [0.3, 0.4) is 0 Å². The average Bonchev–Trinajstić information content (AvgIpc) is 3.45. The van der Waals surface area contributed by atoms with Gasteiger partial charge in [0.15, 0.2) is 6.10 Å². The molecule has 4 aromatic rings. The van der Waals surface area contributed by atoms with Crippen LogP contribution in [0.2, 0.25) is 0 Å². The fourth-order valence-electron chi connectivity index (χ4n) is 3.75. The number of amides is 1. The standard InChI is InChI=1S/C23H21N5O4/c1-14-20(21(27-32-14)15-8-4-3-5-9-15)23-26-25-19(31-23)13-28-12-18(22(29)24-2)30-17-11-7-6-10-16(17)28/h3-11,18H,12-13H2,1-2H3,(H,24,29)/t18-/m0/s1. The highest BCUT2D eigenvalue weighted by Gasteiger charge is 2.31. The number of carbonyl (C=O) groups excluding carboxylic acids is 1. The van der Waals surface area contributed by atoms with Crippen LogP contribution in [0.15, 0.2) is 63.5 Å². The SMILES string of the molecule is CNC(=O)[C@@H]1CN(Cc2nnc(-c3c(-c4ccccc4)noc3C)o2)c2ccccc2O1. The third kappa shape index (κ3) is 3.58. The molecule has 1 amide bonds. The first-order chi connectivity index (χ1) is 15.6. The summed E-state index contributed by atoms with van der Waals surface area (Å²) >= 11 is 0. The van der Waals surface area contributed by atoms with E-state index in [1.54, 1.807) is 7.05 Å². The third-order valence-corrected chi connectivity index (χ3v) is 5.32. The van der Waals surface area contributed by atoms with Crippen LogP contribution in [0.5, 0.6) is 5.75 Å². The number of nitrogens with zero attached hydrogens (tertiary/aromatic N) is 4. The van der Waals surface area contributed by atoms with Crippen molar-refractivity contribution in [3.05, 3.63) is 66.2 Å². The Bertz CT molecular complexity index is 1250. The van der Waals surface area contributed by atoms with Gasteiger partial charge in [-0.15, -0.1) is 10.2 Å². The highest BCUT2D eigenvalue weighted by atomic mass is 16.5. The molecule has 3 heterocycles. The van der Waals surface area contributed by atoms with E-state index in [9.17, 15) is 4.79 Å². The monoisotopic (exact) mass is 431 g/mol. The number of benzene rings is 2. The minimum Gasteiger partial charge on any atom is -0.477 e. The fraction of sp³-hybridized carbons (Fsp3) is 0.217. The molecule has 5 rings (SSSR count). The average molecular weight is 431 g/mol. The molecule has 9 nitrogen and oxygen atoms in total. The van der Waals surface area contributed by atoms with Gasteiger partial charge in [-0.3, -0.25) is 4.79 Å². The highest BCUT2D eigenvalue weighted by Crippen LogP contribution is 2.36. The maximum Gasteiger partial charge on any atom is 0.262 e. The van der Waals surface area contributed by atoms with E-state index in [0.29, 0.717) is 47.6 Å². The molecular formula is C23H21N5O4. The van der Waals surface area contributed by atoms with Crippen molar-refractivity contribution in [3.8, 4) is 28.5 Å². The molecule has 0 saturated heterocycles. The van der Waals surface area contributed by atoms with Crippen molar-refractivity contribution in [1.29, 1.82) is 0 Å². The molecule has 0 unspecified atom stereocenters. The van der Waals surface area contributed by atoms with Gasteiger partial charge in [-0.2, -0.15) is 0 Å². The maximum atomic E-state index is 12.2. The van der Waals surface area contributed by atoms with Gasteiger partial charge in [0, 0.05) is 12.6 Å². The molecule has 0 radical (unpaired) electrons. The van der Waals surface area contributed by atoms with Crippen molar-refractivity contribution in [2.75, 3.05) is 18.5 Å². The predicted octanol–water partition coefficient (Wildman–Crippen LogP) is 3.21. The first kappa shape index (κ1) is 19.8. The minimum atomic E-state index is -0.637. The molecule has 0 saturated carbocycles. The summed E-state index contributed by atoms with van der Waals surface area (Å²) in [5.41, 5.74) is 3.07. The van der Waals surface area contributed by atoms with Crippen LogP contribution >= 0.6 is 0 Å². The summed E-state index contributed by atoms with van der Waals surface area (Å²) in [6.07, 6.45) is -0.637. The Kier molecular flexibility index (Phi) is 5.06. The Balaban J connectivity index is 1.44. The van der Waals surface area contributed by atoms with E-state index in [-0.39, 0.29) is 5.91 Å². The second kappa shape index (κ2) is 8.18. The van der Waals surface area contributed by atoms with Crippen LogP contribution in [-0.2, 0) is 11.3 Å². The number of likely N-dealkylation sites (N-methyl/N-ethyl adjacent to an activating group) is 1. The Labute approximate surface area is 184 Å². The van der Waals surface area contributed by atoms with Gasteiger partial charge in [0.2, 0.25) is 5.89 Å². The lowest BCUT2D eigenvalue weighted by Crippen LogP contribution is -2.48. The van der Waals surface area contributed by atoms with Crippen LogP contribution in [0, 0.1) is 6.92 Å². The number of aryl methyl sites for hydroxylation is 1. The van der Waals surface area contributed by atoms with Crippen molar-refractivity contribution in [2.45, 2.75) is 19.6 Å². The van der Waals surface area contributed by atoms with Crippen LogP contribution in [0.25, 0.3) is 22.7 Å². The summed E-state index contributed by atoms with van der Waals surface area (Å²) in [6.45, 7) is 2.49. The normalized spacial score (nSPS) is 15.2. The summed E-state index contributed by atoms with van der Waals surface area (Å²) in [7, 11) is 1.59. The van der Waals surface area contributed by atoms with Crippen molar-refractivity contribution >= 4 is 11.6 Å². The highest BCUT2D eigenvalue weighted by molar-refractivity contribution is 5.83. The number of ether oxygens (including phenoxy) is 1. The zero-order valence-electron chi connectivity index (χ0n) is 17.6. The van der Waals surface area contributed by atoms with Crippen molar-refractivity contribution < 1.29 is 18.5 Å². The Morgan fingerprint density at radius 1 is 1.12 bits per heavy atom. The topological polar surface area (TPSA) is 107 Å². The smallest absolute Gasteiger partial charge is 0.262 e. The summed E-state index contributed by atoms with van der Waals surface area (Å²) in [6, 6.07) is 17.3. The lowest BCUT2D eigenvalue weighted by molar-refractivity contribution is -0.127. The summed E-state index contributed by atoms with van der Waals surface area (Å²) in [5.74, 6) is 1.78. The van der Waals surface area contributed by atoms with Gasteiger partial charge in [0.05, 0.1) is 18.8 Å². The first-order valence-corrected chi connectivity index (χ1v) is 10.2. The van der Waals surface area contributed by atoms with Gasteiger partial charge in [0.25, 0.3) is 11.8 Å². The number of para-hydroxylation sites is 2. The third-order valence-electron chi connectivity index (χ3n) is 5.32. The largest absolute Gasteiger partial charge is 0.477 e. The fourth-order valence-corrected chi connectivity index (χ4v) is 3.75. The quantitative estimate of drug-likeness (QED) is 0.513. The summed E-state index contributed by atoms with van der Waals surface area (Å²) in [5, 5.41) is 15.3. The molecule has 0 aliphatic carbocycles. The molecule has 1 aliphatic heterocycles. The van der Waals surface area contributed by atoms with E-state index in [1.807, 2.05) is 66.4 Å². The molecule has 1 N–H and O–H groups in total. The molecule has 32 heavy (non-hydrogen) atoms. The lowest BCUT2D eigenvalue weighted by Gasteiger charge is -2.34. The number of rotatable bonds is 5. The molecule has 0 fully saturated rings. The van der Waals surface area contributed by atoms with E-state index in [4.69, 9.17) is 13.7 Å². The van der Waals surface area contributed by atoms with Crippen molar-refractivity contribution in [2.24, 2.45) is 0 Å². The van der Waals surface area contributed by atoms with E-state index >= 15 is 0 Å². The van der Waals surface area contributed by atoms with Gasteiger partial charge in [-0.25, -0.2) is 0 Å². The molecule has 162 valence electrons. The molecule has 1 aliphatic rings. The number of fused-ring (bicyclic) bond motifs is 1. The van der Waals surface area contributed by atoms with Crippen LogP contribution in [-0.4, -0.2) is 41.0 Å². The van der Waals surface area contributed by atoms with Gasteiger partial charge in [0.1, 0.15) is 22.8 Å². The molecule has 1 atom stereocenters. The molecule has 9 heteroatoms. The van der Waals surface area contributed by atoms with Crippen LogP contribution in [0.4, 0.5) is 5.69 Å². The zero-order chi connectivity index (χ0) is 22.1. The number of hydrogen-bond donors (Lipinski definition) is 1. The second-order valence-corrected chi connectivity index (χ2v) is 7.40. The number of aromatic nitrogens is 3. The van der Waals surface area contributed by atoms with Crippen molar-refractivity contribution in [3.63, 3.8) is 0 Å². The Morgan fingerprint density at radius 3 is 2.72 bits per heavy atom. The molecule has 2 aromatic carbocycles. The van der Waals surface area contributed by atoms with Gasteiger partial charge in [-0.05, 0) is 19.1 Å². The van der Waals surface area contributed by atoms with E-state index in [0.717, 1.165) is 11.3 Å². The number of anilines is 1.